The minimum Gasteiger partial charge on any atom is -0.313 e. The largest absolute Gasteiger partial charge is 0.313 e. The molecule has 0 radical (unpaired) electrons. The van der Waals surface area contributed by atoms with Crippen LogP contribution in [0.1, 0.15) is 23.9 Å². The van der Waals surface area contributed by atoms with E-state index in [9.17, 15) is 0 Å². The topological polar surface area (TPSA) is 42.7 Å². The maximum atomic E-state index is 6.18. The molecule has 4 nitrogen and oxygen atoms in total. The summed E-state index contributed by atoms with van der Waals surface area (Å²) >= 11 is 6.18. The summed E-state index contributed by atoms with van der Waals surface area (Å²) in [5, 5.41) is 8.45. The molecule has 2 aromatic rings. The average molecular weight is 265 g/mol. The second-order valence-corrected chi connectivity index (χ2v) is 4.54. The molecular weight excluding hydrogens is 248 g/mol. The van der Waals surface area contributed by atoms with Crippen LogP contribution in [0.5, 0.6) is 0 Å². The third kappa shape index (κ3) is 2.40. The van der Waals surface area contributed by atoms with E-state index in [1.807, 2.05) is 24.6 Å². The molecule has 0 saturated heterocycles. The van der Waals surface area contributed by atoms with Gasteiger partial charge in [0.15, 0.2) is 5.82 Å². The van der Waals surface area contributed by atoms with Crippen LogP contribution < -0.4 is 5.32 Å². The minimum absolute atomic E-state index is 0.704. The highest BCUT2D eigenvalue weighted by atomic mass is 35.5. The van der Waals surface area contributed by atoms with Gasteiger partial charge in [0.1, 0.15) is 0 Å². The first-order valence-corrected chi connectivity index (χ1v) is 6.39. The lowest BCUT2D eigenvalue weighted by atomic mass is 10.2. The molecule has 0 spiro atoms. The Morgan fingerprint density at radius 1 is 1.39 bits per heavy atom. The number of hydrogen-bond donors (Lipinski definition) is 1. The fourth-order valence-corrected chi connectivity index (χ4v) is 1.97. The fourth-order valence-electron chi connectivity index (χ4n) is 1.85. The standard InChI is InChI=1S/C13H17ClN4/c1-4-15-8-11-6-5-7-16-13(11)18-10(3)12(14)9(2)17-18/h5-7,15H,4,8H2,1-3H3. The normalized spacial score (nSPS) is 10.9. The maximum absolute atomic E-state index is 6.18. The van der Waals surface area contributed by atoms with Gasteiger partial charge >= 0.3 is 0 Å². The molecule has 0 amide bonds. The monoisotopic (exact) mass is 264 g/mol. The second kappa shape index (κ2) is 5.50. The summed E-state index contributed by atoms with van der Waals surface area (Å²) in [6, 6.07) is 3.98. The molecule has 0 bridgehead atoms. The molecule has 0 aliphatic rings. The van der Waals surface area contributed by atoms with Crippen LogP contribution >= 0.6 is 11.6 Å². The van der Waals surface area contributed by atoms with E-state index >= 15 is 0 Å². The van der Waals surface area contributed by atoms with Gasteiger partial charge < -0.3 is 5.32 Å². The second-order valence-electron chi connectivity index (χ2n) is 4.16. The number of aromatic nitrogens is 3. The van der Waals surface area contributed by atoms with Crippen LogP contribution in [0, 0.1) is 13.8 Å². The van der Waals surface area contributed by atoms with Crippen molar-refractivity contribution in [1.82, 2.24) is 20.1 Å². The van der Waals surface area contributed by atoms with Crippen LogP contribution in [0.15, 0.2) is 18.3 Å². The molecule has 96 valence electrons. The molecule has 2 rings (SSSR count). The van der Waals surface area contributed by atoms with Gasteiger partial charge in [-0.1, -0.05) is 24.6 Å². The summed E-state index contributed by atoms with van der Waals surface area (Å²) in [6.45, 7) is 7.63. The molecule has 0 saturated carbocycles. The summed E-state index contributed by atoms with van der Waals surface area (Å²) in [6.07, 6.45) is 1.77. The summed E-state index contributed by atoms with van der Waals surface area (Å²) in [7, 11) is 0. The SMILES string of the molecule is CCNCc1cccnc1-n1nc(C)c(Cl)c1C. The zero-order valence-electron chi connectivity index (χ0n) is 10.9. The number of nitrogens with zero attached hydrogens (tertiary/aromatic N) is 3. The third-order valence-electron chi connectivity index (χ3n) is 2.84. The molecule has 0 aliphatic carbocycles. The number of rotatable bonds is 4. The van der Waals surface area contributed by atoms with Gasteiger partial charge in [0.25, 0.3) is 0 Å². The Morgan fingerprint density at radius 2 is 2.17 bits per heavy atom. The molecule has 1 N–H and O–H groups in total. The van der Waals surface area contributed by atoms with Crippen molar-refractivity contribution < 1.29 is 0 Å². The molecule has 18 heavy (non-hydrogen) atoms. The first-order chi connectivity index (χ1) is 8.65. The van der Waals surface area contributed by atoms with Gasteiger partial charge in [-0.3, -0.25) is 0 Å². The number of hydrogen-bond acceptors (Lipinski definition) is 3. The highest BCUT2D eigenvalue weighted by molar-refractivity contribution is 6.31. The lowest BCUT2D eigenvalue weighted by molar-refractivity contribution is 0.705. The highest BCUT2D eigenvalue weighted by Crippen LogP contribution is 2.22. The number of pyridine rings is 1. The average Bonchev–Trinajstić information content (AvgIpc) is 2.64. The lowest BCUT2D eigenvalue weighted by Crippen LogP contribution is -2.15. The minimum atomic E-state index is 0.704. The van der Waals surface area contributed by atoms with Crippen molar-refractivity contribution in [2.45, 2.75) is 27.3 Å². The molecular formula is C13H17ClN4. The van der Waals surface area contributed by atoms with Gasteiger partial charge in [-0.25, -0.2) is 9.67 Å². The summed E-state index contributed by atoms with van der Waals surface area (Å²) in [4.78, 5) is 4.42. The smallest absolute Gasteiger partial charge is 0.158 e. The zero-order chi connectivity index (χ0) is 13.1. The Balaban J connectivity index is 2.46. The Kier molecular flexibility index (Phi) is 3.99. The number of halogens is 1. The van der Waals surface area contributed by atoms with Crippen molar-refractivity contribution in [2.24, 2.45) is 0 Å². The molecule has 2 aromatic heterocycles. The molecule has 0 unspecified atom stereocenters. The fraction of sp³-hybridized carbons (Fsp3) is 0.385. The first-order valence-electron chi connectivity index (χ1n) is 6.01. The predicted molar refractivity (Wildman–Crippen MR) is 73.2 cm³/mol. The molecule has 2 heterocycles. The highest BCUT2D eigenvalue weighted by Gasteiger charge is 2.14. The Bertz CT molecular complexity index is 548. The molecule has 5 heteroatoms. The van der Waals surface area contributed by atoms with Crippen molar-refractivity contribution in [3.63, 3.8) is 0 Å². The molecule has 0 atom stereocenters. The Hall–Kier alpha value is -1.39. The van der Waals surface area contributed by atoms with Crippen LogP contribution in [-0.2, 0) is 6.54 Å². The van der Waals surface area contributed by atoms with Crippen LogP contribution in [0.25, 0.3) is 5.82 Å². The molecule has 0 aliphatic heterocycles. The molecule has 0 fully saturated rings. The van der Waals surface area contributed by atoms with E-state index in [2.05, 4.69) is 28.4 Å². The Morgan fingerprint density at radius 3 is 2.78 bits per heavy atom. The van der Waals surface area contributed by atoms with Crippen LogP contribution in [-0.4, -0.2) is 21.3 Å². The van der Waals surface area contributed by atoms with Crippen molar-refractivity contribution in [3.8, 4) is 5.82 Å². The van der Waals surface area contributed by atoms with Crippen molar-refractivity contribution in [2.75, 3.05) is 6.54 Å². The van der Waals surface area contributed by atoms with Gasteiger partial charge in [-0.05, 0) is 26.5 Å². The van der Waals surface area contributed by atoms with E-state index in [0.717, 1.165) is 35.9 Å². The van der Waals surface area contributed by atoms with Gasteiger partial charge in [0.2, 0.25) is 0 Å². The van der Waals surface area contributed by atoms with Crippen LogP contribution in [0.2, 0.25) is 5.02 Å². The van der Waals surface area contributed by atoms with E-state index in [-0.39, 0.29) is 0 Å². The van der Waals surface area contributed by atoms with E-state index in [0.29, 0.717) is 5.02 Å². The van der Waals surface area contributed by atoms with Gasteiger partial charge in [0, 0.05) is 18.3 Å². The molecule has 0 aromatic carbocycles. The summed E-state index contributed by atoms with van der Waals surface area (Å²) in [5.41, 5.74) is 2.86. The maximum Gasteiger partial charge on any atom is 0.158 e. The predicted octanol–water partition coefficient (Wildman–Crippen LogP) is 2.65. The van der Waals surface area contributed by atoms with Crippen molar-refractivity contribution in [3.05, 3.63) is 40.3 Å². The Labute approximate surface area is 112 Å². The van der Waals surface area contributed by atoms with Crippen molar-refractivity contribution >= 4 is 11.6 Å². The lowest BCUT2D eigenvalue weighted by Gasteiger charge is -2.10. The van der Waals surface area contributed by atoms with E-state index < -0.39 is 0 Å². The third-order valence-corrected chi connectivity index (χ3v) is 3.38. The quantitative estimate of drug-likeness (QED) is 0.923. The number of aryl methyl sites for hydroxylation is 1. The van der Waals surface area contributed by atoms with Gasteiger partial charge in [-0.2, -0.15) is 5.10 Å². The van der Waals surface area contributed by atoms with Crippen molar-refractivity contribution in [1.29, 1.82) is 0 Å². The number of nitrogens with one attached hydrogen (secondary N) is 1. The summed E-state index contributed by atoms with van der Waals surface area (Å²) < 4.78 is 1.81. The first kappa shape index (κ1) is 13.1. The van der Waals surface area contributed by atoms with Gasteiger partial charge in [0.05, 0.1) is 16.4 Å². The van der Waals surface area contributed by atoms with E-state index in [1.54, 1.807) is 6.20 Å². The van der Waals surface area contributed by atoms with E-state index in [4.69, 9.17) is 11.6 Å². The summed E-state index contributed by atoms with van der Waals surface area (Å²) in [5.74, 6) is 0.839. The zero-order valence-corrected chi connectivity index (χ0v) is 11.6. The van der Waals surface area contributed by atoms with Crippen LogP contribution in [0.4, 0.5) is 0 Å². The van der Waals surface area contributed by atoms with E-state index in [1.165, 1.54) is 0 Å². The van der Waals surface area contributed by atoms with Gasteiger partial charge in [-0.15, -0.1) is 0 Å². The van der Waals surface area contributed by atoms with Crippen LogP contribution in [0.3, 0.4) is 0 Å².